The summed E-state index contributed by atoms with van der Waals surface area (Å²) in [6.45, 7) is 2.69. The fourth-order valence-electron chi connectivity index (χ4n) is 2.61. The van der Waals surface area contributed by atoms with Crippen LogP contribution in [0.4, 0.5) is 0 Å². The molecule has 0 aromatic carbocycles. The molecular formula is C12H18N2O2. The number of fused-ring (bicyclic) bond motifs is 1. The second-order valence-corrected chi connectivity index (χ2v) is 4.92. The van der Waals surface area contributed by atoms with Gasteiger partial charge in [0, 0.05) is 32.4 Å². The van der Waals surface area contributed by atoms with Gasteiger partial charge in [-0.3, -0.25) is 0 Å². The number of nitrogens with zero attached hydrogens (tertiary/aromatic N) is 2. The van der Waals surface area contributed by atoms with Crippen molar-refractivity contribution in [3.63, 3.8) is 0 Å². The normalized spacial score (nSPS) is 29.3. The van der Waals surface area contributed by atoms with Gasteiger partial charge < -0.3 is 14.4 Å². The summed E-state index contributed by atoms with van der Waals surface area (Å²) in [5.74, 6) is 1.69. The second kappa shape index (κ2) is 4.18. The fourth-order valence-corrected chi connectivity index (χ4v) is 2.61. The number of aromatic nitrogens is 2. The SMILES string of the molecule is OC1CCn2cc(CC3CCOC3)nc2C1. The molecule has 88 valence electrons. The molecule has 1 saturated heterocycles. The van der Waals surface area contributed by atoms with Crippen molar-refractivity contribution in [2.45, 2.75) is 38.3 Å². The number of hydrogen-bond acceptors (Lipinski definition) is 3. The summed E-state index contributed by atoms with van der Waals surface area (Å²) in [5.41, 5.74) is 1.17. The van der Waals surface area contributed by atoms with Gasteiger partial charge in [0.15, 0.2) is 0 Å². The molecule has 1 N–H and O–H groups in total. The molecule has 3 heterocycles. The Morgan fingerprint density at radius 2 is 2.44 bits per heavy atom. The van der Waals surface area contributed by atoms with Crippen molar-refractivity contribution in [1.29, 1.82) is 0 Å². The third kappa shape index (κ3) is 1.99. The van der Waals surface area contributed by atoms with Crippen LogP contribution in [0.25, 0.3) is 0 Å². The van der Waals surface area contributed by atoms with Crippen molar-refractivity contribution in [3.05, 3.63) is 17.7 Å². The molecular weight excluding hydrogens is 204 g/mol. The lowest BCUT2D eigenvalue weighted by Crippen LogP contribution is -2.22. The minimum absolute atomic E-state index is 0.197. The van der Waals surface area contributed by atoms with E-state index in [2.05, 4.69) is 15.7 Å². The van der Waals surface area contributed by atoms with Gasteiger partial charge in [0.2, 0.25) is 0 Å². The Hall–Kier alpha value is -0.870. The molecule has 1 aromatic rings. The lowest BCUT2D eigenvalue weighted by atomic mass is 10.0. The molecule has 4 heteroatoms. The van der Waals surface area contributed by atoms with E-state index in [9.17, 15) is 5.11 Å². The summed E-state index contributed by atoms with van der Waals surface area (Å²) in [4.78, 5) is 4.61. The topological polar surface area (TPSA) is 47.3 Å². The first-order valence-corrected chi connectivity index (χ1v) is 6.12. The Morgan fingerprint density at radius 1 is 1.50 bits per heavy atom. The summed E-state index contributed by atoms with van der Waals surface area (Å²) in [5, 5.41) is 9.58. The van der Waals surface area contributed by atoms with Gasteiger partial charge in [0.25, 0.3) is 0 Å². The Morgan fingerprint density at radius 3 is 3.25 bits per heavy atom. The lowest BCUT2D eigenvalue weighted by Gasteiger charge is -2.18. The van der Waals surface area contributed by atoms with E-state index in [1.165, 1.54) is 5.69 Å². The summed E-state index contributed by atoms with van der Waals surface area (Å²) in [6, 6.07) is 0. The summed E-state index contributed by atoms with van der Waals surface area (Å²) >= 11 is 0. The predicted octanol–water partition coefficient (Wildman–Crippen LogP) is 0.769. The lowest BCUT2D eigenvalue weighted by molar-refractivity contribution is 0.141. The summed E-state index contributed by atoms with van der Waals surface area (Å²) in [7, 11) is 0. The van der Waals surface area contributed by atoms with E-state index in [1.54, 1.807) is 0 Å². The molecule has 1 fully saturated rings. The number of hydrogen-bond donors (Lipinski definition) is 1. The maximum Gasteiger partial charge on any atom is 0.111 e. The van der Waals surface area contributed by atoms with Crippen molar-refractivity contribution in [2.75, 3.05) is 13.2 Å². The highest BCUT2D eigenvalue weighted by atomic mass is 16.5. The number of aliphatic hydroxyl groups excluding tert-OH is 1. The Kier molecular flexibility index (Phi) is 2.69. The largest absolute Gasteiger partial charge is 0.393 e. The van der Waals surface area contributed by atoms with Gasteiger partial charge in [-0.05, 0) is 25.2 Å². The van der Waals surface area contributed by atoms with Crippen LogP contribution in [-0.4, -0.2) is 34.0 Å². The van der Waals surface area contributed by atoms with Crippen molar-refractivity contribution < 1.29 is 9.84 Å². The van der Waals surface area contributed by atoms with Crippen LogP contribution in [-0.2, 0) is 24.1 Å². The Balaban J connectivity index is 1.71. The smallest absolute Gasteiger partial charge is 0.111 e. The van der Waals surface area contributed by atoms with Crippen LogP contribution >= 0.6 is 0 Å². The standard InChI is InChI=1S/C12H18N2O2/c15-11-1-3-14-7-10(13-12(14)6-11)5-9-2-4-16-8-9/h7,9,11,15H,1-6,8H2. The minimum Gasteiger partial charge on any atom is -0.393 e. The van der Waals surface area contributed by atoms with E-state index >= 15 is 0 Å². The molecule has 2 unspecified atom stereocenters. The van der Waals surface area contributed by atoms with Gasteiger partial charge in [-0.1, -0.05) is 0 Å². The van der Waals surface area contributed by atoms with Gasteiger partial charge in [0.1, 0.15) is 5.82 Å². The van der Waals surface area contributed by atoms with Crippen molar-refractivity contribution >= 4 is 0 Å². The molecule has 2 aliphatic heterocycles. The fraction of sp³-hybridized carbons (Fsp3) is 0.750. The van der Waals surface area contributed by atoms with Crippen LogP contribution in [0.1, 0.15) is 24.4 Å². The molecule has 0 spiro atoms. The molecule has 0 radical (unpaired) electrons. The van der Waals surface area contributed by atoms with Crippen LogP contribution in [0.5, 0.6) is 0 Å². The molecule has 16 heavy (non-hydrogen) atoms. The molecule has 0 aliphatic carbocycles. The average Bonchev–Trinajstić information content (AvgIpc) is 2.86. The van der Waals surface area contributed by atoms with E-state index in [-0.39, 0.29) is 6.10 Å². The molecule has 3 rings (SSSR count). The molecule has 1 aromatic heterocycles. The number of aryl methyl sites for hydroxylation is 1. The van der Waals surface area contributed by atoms with Crippen LogP contribution in [0.3, 0.4) is 0 Å². The van der Waals surface area contributed by atoms with Crippen molar-refractivity contribution in [2.24, 2.45) is 5.92 Å². The summed E-state index contributed by atoms with van der Waals surface area (Å²) in [6.07, 6.45) is 5.70. The first-order chi connectivity index (χ1) is 7.81. The quantitative estimate of drug-likeness (QED) is 0.804. The Labute approximate surface area is 95.3 Å². The van der Waals surface area contributed by atoms with Crippen LogP contribution in [0.2, 0.25) is 0 Å². The van der Waals surface area contributed by atoms with Gasteiger partial charge in [-0.2, -0.15) is 0 Å². The van der Waals surface area contributed by atoms with E-state index in [0.717, 1.165) is 44.8 Å². The zero-order valence-electron chi connectivity index (χ0n) is 9.43. The third-order valence-electron chi connectivity index (χ3n) is 3.55. The van der Waals surface area contributed by atoms with E-state index in [1.807, 2.05) is 0 Å². The average molecular weight is 222 g/mol. The highest BCUT2D eigenvalue weighted by Crippen LogP contribution is 2.20. The zero-order chi connectivity index (χ0) is 11.0. The maximum atomic E-state index is 9.58. The van der Waals surface area contributed by atoms with Crippen LogP contribution in [0.15, 0.2) is 6.20 Å². The van der Waals surface area contributed by atoms with Crippen LogP contribution < -0.4 is 0 Å². The molecule has 0 bridgehead atoms. The molecule has 0 amide bonds. The van der Waals surface area contributed by atoms with Crippen molar-refractivity contribution in [3.8, 4) is 0 Å². The highest BCUT2D eigenvalue weighted by molar-refractivity contribution is 5.08. The summed E-state index contributed by atoms with van der Waals surface area (Å²) < 4.78 is 7.57. The molecule has 2 atom stereocenters. The Bertz CT molecular complexity index is 369. The highest BCUT2D eigenvalue weighted by Gasteiger charge is 2.21. The van der Waals surface area contributed by atoms with E-state index in [0.29, 0.717) is 12.3 Å². The number of rotatable bonds is 2. The number of aliphatic hydroxyl groups is 1. The molecule has 4 nitrogen and oxygen atoms in total. The van der Waals surface area contributed by atoms with Gasteiger partial charge in [0.05, 0.1) is 11.8 Å². The first-order valence-electron chi connectivity index (χ1n) is 6.12. The van der Waals surface area contributed by atoms with Gasteiger partial charge >= 0.3 is 0 Å². The monoisotopic (exact) mass is 222 g/mol. The number of imidazole rings is 1. The number of ether oxygens (including phenoxy) is 1. The zero-order valence-corrected chi connectivity index (χ0v) is 9.43. The second-order valence-electron chi connectivity index (χ2n) is 4.92. The predicted molar refractivity (Wildman–Crippen MR) is 59.2 cm³/mol. The van der Waals surface area contributed by atoms with Crippen LogP contribution in [0, 0.1) is 5.92 Å². The minimum atomic E-state index is -0.197. The van der Waals surface area contributed by atoms with Crippen molar-refractivity contribution in [1.82, 2.24) is 9.55 Å². The van der Waals surface area contributed by atoms with E-state index in [4.69, 9.17) is 4.74 Å². The van der Waals surface area contributed by atoms with Gasteiger partial charge in [-0.15, -0.1) is 0 Å². The molecule has 0 saturated carbocycles. The maximum absolute atomic E-state index is 9.58. The third-order valence-corrected chi connectivity index (χ3v) is 3.55. The molecule has 2 aliphatic rings. The van der Waals surface area contributed by atoms with E-state index < -0.39 is 0 Å². The van der Waals surface area contributed by atoms with Gasteiger partial charge in [-0.25, -0.2) is 4.98 Å². The first kappa shape index (κ1) is 10.3.